The van der Waals surface area contributed by atoms with Crippen LogP contribution in [0.15, 0.2) is 11.4 Å². The number of nitrogens with two attached hydrogens (primary N) is 1. The molecule has 0 spiro atoms. The standard InChI is InChI=1S/C9H15N3OS/c1-7-2-5-14-8(7)6-11-3-4-12-9(10)13/h2,5,11H,3-4,6H2,1H3,(H3,10,12,13). The third-order valence-corrected chi connectivity index (χ3v) is 2.88. The van der Waals surface area contributed by atoms with Crippen molar-refractivity contribution in [1.29, 1.82) is 0 Å². The van der Waals surface area contributed by atoms with Crippen LogP contribution in [-0.4, -0.2) is 19.1 Å². The van der Waals surface area contributed by atoms with Gasteiger partial charge in [0.2, 0.25) is 0 Å². The molecule has 1 aromatic heterocycles. The molecular formula is C9H15N3OS. The lowest BCUT2D eigenvalue weighted by atomic mass is 10.3. The summed E-state index contributed by atoms with van der Waals surface area (Å²) in [6.07, 6.45) is 0. The van der Waals surface area contributed by atoms with Crippen molar-refractivity contribution in [3.8, 4) is 0 Å². The number of rotatable bonds is 5. The Kier molecular flexibility index (Phi) is 4.42. The first-order chi connectivity index (χ1) is 6.70. The molecule has 0 atom stereocenters. The van der Waals surface area contributed by atoms with E-state index in [-0.39, 0.29) is 0 Å². The predicted molar refractivity (Wildman–Crippen MR) is 58.3 cm³/mol. The molecule has 5 heteroatoms. The van der Waals surface area contributed by atoms with Crippen LogP contribution in [0.25, 0.3) is 0 Å². The van der Waals surface area contributed by atoms with Crippen molar-refractivity contribution in [2.75, 3.05) is 13.1 Å². The first kappa shape index (κ1) is 11.0. The predicted octanol–water partition coefficient (Wildman–Crippen LogP) is 0.814. The van der Waals surface area contributed by atoms with Crippen molar-refractivity contribution in [3.05, 3.63) is 21.9 Å². The molecule has 1 heterocycles. The van der Waals surface area contributed by atoms with Gasteiger partial charge in [0.1, 0.15) is 0 Å². The lowest BCUT2D eigenvalue weighted by Gasteiger charge is -2.04. The van der Waals surface area contributed by atoms with Gasteiger partial charge in [0.25, 0.3) is 0 Å². The van der Waals surface area contributed by atoms with Crippen LogP contribution >= 0.6 is 11.3 Å². The Morgan fingerprint density at radius 3 is 2.93 bits per heavy atom. The topological polar surface area (TPSA) is 67.2 Å². The fourth-order valence-electron chi connectivity index (χ4n) is 1.06. The average Bonchev–Trinajstić information content (AvgIpc) is 2.51. The normalized spacial score (nSPS) is 10.1. The van der Waals surface area contributed by atoms with Crippen LogP contribution in [0, 0.1) is 6.92 Å². The molecule has 0 fully saturated rings. The van der Waals surface area contributed by atoms with Crippen LogP contribution in [0.3, 0.4) is 0 Å². The van der Waals surface area contributed by atoms with Crippen molar-refractivity contribution in [1.82, 2.24) is 10.6 Å². The van der Waals surface area contributed by atoms with E-state index in [1.54, 1.807) is 11.3 Å². The van der Waals surface area contributed by atoms with Crippen molar-refractivity contribution >= 4 is 17.4 Å². The molecule has 0 aliphatic carbocycles. The van der Waals surface area contributed by atoms with E-state index in [2.05, 4.69) is 29.0 Å². The molecule has 4 nitrogen and oxygen atoms in total. The van der Waals surface area contributed by atoms with Gasteiger partial charge in [-0.15, -0.1) is 11.3 Å². The molecule has 0 aliphatic rings. The summed E-state index contributed by atoms with van der Waals surface area (Å²) < 4.78 is 0. The maximum Gasteiger partial charge on any atom is 0.312 e. The second-order valence-corrected chi connectivity index (χ2v) is 4.00. The number of nitrogens with one attached hydrogen (secondary N) is 2. The minimum Gasteiger partial charge on any atom is -0.352 e. The van der Waals surface area contributed by atoms with E-state index >= 15 is 0 Å². The van der Waals surface area contributed by atoms with E-state index in [9.17, 15) is 4.79 Å². The van der Waals surface area contributed by atoms with Crippen LogP contribution in [0.1, 0.15) is 10.4 Å². The minimum absolute atomic E-state index is 0.473. The zero-order valence-electron chi connectivity index (χ0n) is 8.17. The summed E-state index contributed by atoms with van der Waals surface area (Å²) >= 11 is 1.74. The molecule has 78 valence electrons. The molecule has 4 N–H and O–H groups in total. The Balaban J connectivity index is 2.10. The fourth-order valence-corrected chi connectivity index (χ4v) is 1.94. The minimum atomic E-state index is -0.473. The molecule has 0 saturated heterocycles. The van der Waals surface area contributed by atoms with E-state index < -0.39 is 6.03 Å². The lowest BCUT2D eigenvalue weighted by molar-refractivity contribution is 0.249. The number of aryl methyl sites for hydroxylation is 1. The van der Waals surface area contributed by atoms with Crippen LogP contribution in [-0.2, 0) is 6.54 Å². The van der Waals surface area contributed by atoms with E-state index in [1.165, 1.54) is 10.4 Å². The molecule has 1 rings (SSSR count). The highest BCUT2D eigenvalue weighted by Gasteiger charge is 1.98. The second-order valence-electron chi connectivity index (χ2n) is 2.99. The maximum absolute atomic E-state index is 10.3. The number of thiophene rings is 1. The lowest BCUT2D eigenvalue weighted by Crippen LogP contribution is -2.35. The number of hydrogen-bond donors (Lipinski definition) is 3. The summed E-state index contributed by atoms with van der Waals surface area (Å²) in [5.74, 6) is 0. The highest BCUT2D eigenvalue weighted by atomic mass is 32.1. The monoisotopic (exact) mass is 213 g/mol. The van der Waals surface area contributed by atoms with Crippen LogP contribution in [0.2, 0.25) is 0 Å². The summed E-state index contributed by atoms with van der Waals surface area (Å²) in [4.78, 5) is 11.7. The maximum atomic E-state index is 10.3. The Bertz CT molecular complexity index is 298. The number of primary amides is 1. The van der Waals surface area contributed by atoms with Gasteiger partial charge in [-0.05, 0) is 23.9 Å². The molecule has 0 bridgehead atoms. The molecule has 14 heavy (non-hydrogen) atoms. The Morgan fingerprint density at radius 2 is 2.36 bits per heavy atom. The molecule has 1 aromatic rings. The highest BCUT2D eigenvalue weighted by molar-refractivity contribution is 7.10. The van der Waals surface area contributed by atoms with Gasteiger partial charge in [-0.2, -0.15) is 0 Å². The van der Waals surface area contributed by atoms with E-state index in [0.717, 1.165) is 13.1 Å². The summed E-state index contributed by atoms with van der Waals surface area (Å²) in [5, 5.41) is 7.82. The number of urea groups is 1. The van der Waals surface area contributed by atoms with Gasteiger partial charge >= 0.3 is 6.03 Å². The van der Waals surface area contributed by atoms with Crippen molar-refractivity contribution in [2.45, 2.75) is 13.5 Å². The van der Waals surface area contributed by atoms with Gasteiger partial charge in [-0.3, -0.25) is 0 Å². The summed E-state index contributed by atoms with van der Waals surface area (Å²) in [6, 6.07) is 1.63. The van der Waals surface area contributed by atoms with Gasteiger partial charge in [0, 0.05) is 24.5 Å². The van der Waals surface area contributed by atoms with Crippen molar-refractivity contribution in [3.63, 3.8) is 0 Å². The Labute approximate surface area is 87.5 Å². The molecular weight excluding hydrogens is 198 g/mol. The molecule has 0 saturated carbocycles. The first-order valence-corrected chi connectivity index (χ1v) is 5.35. The highest BCUT2D eigenvalue weighted by Crippen LogP contribution is 2.14. The van der Waals surface area contributed by atoms with Crippen molar-refractivity contribution in [2.24, 2.45) is 5.73 Å². The molecule has 0 radical (unpaired) electrons. The number of amides is 2. The summed E-state index contributed by atoms with van der Waals surface area (Å²) in [5.41, 5.74) is 6.23. The van der Waals surface area contributed by atoms with Gasteiger partial charge in [-0.25, -0.2) is 4.79 Å². The third kappa shape index (κ3) is 3.76. The van der Waals surface area contributed by atoms with Gasteiger partial charge in [-0.1, -0.05) is 0 Å². The molecule has 0 unspecified atom stereocenters. The smallest absolute Gasteiger partial charge is 0.312 e. The fraction of sp³-hybridized carbons (Fsp3) is 0.444. The number of carbonyl (C=O) groups excluding carboxylic acids is 1. The van der Waals surface area contributed by atoms with Crippen LogP contribution in [0.5, 0.6) is 0 Å². The van der Waals surface area contributed by atoms with E-state index in [1.807, 2.05) is 0 Å². The summed E-state index contributed by atoms with van der Waals surface area (Å²) in [6.45, 7) is 4.25. The average molecular weight is 213 g/mol. The zero-order chi connectivity index (χ0) is 10.4. The zero-order valence-corrected chi connectivity index (χ0v) is 8.99. The Hall–Kier alpha value is -1.07. The third-order valence-electron chi connectivity index (χ3n) is 1.85. The van der Waals surface area contributed by atoms with Gasteiger partial charge < -0.3 is 16.4 Å². The first-order valence-electron chi connectivity index (χ1n) is 4.47. The van der Waals surface area contributed by atoms with Crippen molar-refractivity contribution < 1.29 is 4.79 Å². The van der Waals surface area contributed by atoms with Crippen LogP contribution < -0.4 is 16.4 Å². The Morgan fingerprint density at radius 1 is 1.57 bits per heavy atom. The van der Waals surface area contributed by atoms with Crippen LogP contribution in [0.4, 0.5) is 4.79 Å². The molecule has 0 aliphatic heterocycles. The molecule has 0 aromatic carbocycles. The number of hydrogen-bond acceptors (Lipinski definition) is 3. The number of carbonyl (C=O) groups is 1. The quantitative estimate of drug-likeness (QED) is 0.634. The largest absolute Gasteiger partial charge is 0.352 e. The summed E-state index contributed by atoms with van der Waals surface area (Å²) in [7, 11) is 0. The van der Waals surface area contributed by atoms with E-state index in [0.29, 0.717) is 6.54 Å². The van der Waals surface area contributed by atoms with E-state index in [4.69, 9.17) is 5.73 Å². The second kappa shape index (κ2) is 5.62. The molecule has 2 amide bonds. The SMILES string of the molecule is Cc1ccsc1CNCCNC(N)=O. The van der Waals surface area contributed by atoms with Gasteiger partial charge in [0.15, 0.2) is 0 Å². The van der Waals surface area contributed by atoms with Gasteiger partial charge in [0.05, 0.1) is 0 Å².